The van der Waals surface area contributed by atoms with Crippen molar-refractivity contribution in [2.45, 2.75) is 58.0 Å². The second-order valence-corrected chi connectivity index (χ2v) is 5.93. The first-order chi connectivity index (χ1) is 6.49. The highest BCUT2D eigenvalue weighted by Gasteiger charge is 2.35. The number of hydrogen-bond donors (Lipinski definition) is 1. The highest BCUT2D eigenvalue weighted by molar-refractivity contribution is 5.11. The molecule has 2 aliphatic rings. The van der Waals surface area contributed by atoms with Crippen LogP contribution in [0.3, 0.4) is 0 Å². The van der Waals surface area contributed by atoms with Crippen LogP contribution in [0.25, 0.3) is 0 Å². The third kappa shape index (κ3) is 2.20. The van der Waals surface area contributed by atoms with E-state index in [1.807, 2.05) is 0 Å². The molecule has 0 aliphatic heterocycles. The number of aliphatic hydroxyl groups is 1. The van der Waals surface area contributed by atoms with Crippen LogP contribution < -0.4 is 0 Å². The molecule has 2 aliphatic carbocycles. The molecular weight excluding hydrogens is 172 g/mol. The standard InChI is InChI=1S/C13H22O/c1-12(2)6-8-13(14,9-7-12)10-11-4-3-5-11/h6,8,11,14H,3-5,7,9-10H2,1-2H3. The van der Waals surface area contributed by atoms with E-state index in [1.54, 1.807) is 0 Å². The lowest BCUT2D eigenvalue weighted by molar-refractivity contribution is 0.0234. The zero-order valence-electron chi connectivity index (χ0n) is 9.42. The number of allylic oxidation sites excluding steroid dienone is 1. The fourth-order valence-electron chi connectivity index (χ4n) is 2.45. The normalized spacial score (nSPS) is 36.8. The van der Waals surface area contributed by atoms with E-state index in [4.69, 9.17) is 0 Å². The summed E-state index contributed by atoms with van der Waals surface area (Å²) >= 11 is 0. The molecule has 0 spiro atoms. The van der Waals surface area contributed by atoms with Gasteiger partial charge in [0.1, 0.15) is 0 Å². The Balaban J connectivity index is 1.96. The first-order valence-corrected chi connectivity index (χ1v) is 5.92. The summed E-state index contributed by atoms with van der Waals surface area (Å²) in [6, 6.07) is 0. The Hall–Kier alpha value is -0.300. The van der Waals surface area contributed by atoms with Crippen LogP contribution in [0.1, 0.15) is 52.4 Å². The zero-order valence-corrected chi connectivity index (χ0v) is 9.42. The summed E-state index contributed by atoms with van der Waals surface area (Å²) in [5, 5.41) is 10.4. The van der Waals surface area contributed by atoms with Gasteiger partial charge in [0.05, 0.1) is 5.60 Å². The van der Waals surface area contributed by atoms with Crippen LogP contribution in [0.2, 0.25) is 0 Å². The van der Waals surface area contributed by atoms with Crippen molar-refractivity contribution in [3.8, 4) is 0 Å². The first-order valence-electron chi connectivity index (χ1n) is 5.92. The smallest absolute Gasteiger partial charge is 0.0830 e. The van der Waals surface area contributed by atoms with Gasteiger partial charge < -0.3 is 5.11 Å². The lowest BCUT2D eigenvalue weighted by Crippen LogP contribution is -2.35. The van der Waals surface area contributed by atoms with Gasteiger partial charge in [0.15, 0.2) is 0 Å². The van der Waals surface area contributed by atoms with Crippen LogP contribution in [0.5, 0.6) is 0 Å². The summed E-state index contributed by atoms with van der Waals surface area (Å²) in [7, 11) is 0. The highest BCUT2D eigenvalue weighted by atomic mass is 16.3. The van der Waals surface area contributed by atoms with E-state index < -0.39 is 5.60 Å². The van der Waals surface area contributed by atoms with Gasteiger partial charge in [-0.2, -0.15) is 0 Å². The molecule has 1 fully saturated rings. The van der Waals surface area contributed by atoms with Gasteiger partial charge >= 0.3 is 0 Å². The average Bonchev–Trinajstić information content (AvgIpc) is 2.05. The van der Waals surface area contributed by atoms with Gasteiger partial charge in [-0.25, -0.2) is 0 Å². The number of hydrogen-bond acceptors (Lipinski definition) is 1. The van der Waals surface area contributed by atoms with Crippen molar-refractivity contribution < 1.29 is 5.11 Å². The molecule has 1 atom stereocenters. The molecule has 0 bridgehead atoms. The van der Waals surface area contributed by atoms with Crippen molar-refractivity contribution in [2.24, 2.45) is 11.3 Å². The van der Waals surface area contributed by atoms with Gasteiger partial charge in [-0.1, -0.05) is 45.3 Å². The van der Waals surface area contributed by atoms with Crippen molar-refractivity contribution in [3.05, 3.63) is 12.2 Å². The van der Waals surface area contributed by atoms with Crippen LogP contribution in [-0.4, -0.2) is 10.7 Å². The Bertz CT molecular complexity index is 238. The average molecular weight is 194 g/mol. The molecule has 80 valence electrons. The molecule has 0 saturated heterocycles. The largest absolute Gasteiger partial charge is 0.386 e. The fourth-order valence-corrected chi connectivity index (χ4v) is 2.45. The van der Waals surface area contributed by atoms with Gasteiger partial charge in [-0.05, 0) is 30.6 Å². The molecule has 1 heteroatoms. The molecular formula is C13H22O. The van der Waals surface area contributed by atoms with Gasteiger partial charge in [0, 0.05) is 0 Å². The Morgan fingerprint density at radius 3 is 2.36 bits per heavy atom. The molecule has 2 rings (SSSR count). The van der Waals surface area contributed by atoms with Crippen molar-refractivity contribution in [2.75, 3.05) is 0 Å². The van der Waals surface area contributed by atoms with Gasteiger partial charge in [-0.15, -0.1) is 0 Å². The molecule has 0 aromatic heterocycles. The molecule has 0 aromatic carbocycles. The van der Waals surface area contributed by atoms with E-state index in [1.165, 1.54) is 19.3 Å². The van der Waals surface area contributed by atoms with Crippen LogP contribution in [-0.2, 0) is 0 Å². The van der Waals surface area contributed by atoms with Crippen LogP contribution in [0.4, 0.5) is 0 Å². The quantitative estimate of drug-likeness (QED) is 0.669. The summed E-state index contributed by atoms with van der Waals surface area (Å²) in [5.74, 6) is 0.797. The fraction of sp³-hybridized carbons (Fsp3) is 0.846. The molecule has 0 amide bonds. The predicted molar refractivity (Wildman–Crippen MR) is 59.1 cm³/mol. The maximum Gasteiger partial charge on any atom is 0.0830 e. The minimum Gasteiger partial charge on any atom is -0.386 e. The highest BCUT2D eigenvalue weighted by Crippen LogP contribution is 2.41. The van der Waals surface area contributed by atoms with E-state index in [9.17, 15) is 5.11 Å². The van der Waals surface area contributed by atoms with Gasteiger partial charge in [0.25, 0.3) is 0 Å². The Labute approximate surface area is 87.2 Å². The van der Waals surface area contributed by atoms with E-state index in [2.05, 4.69) is 26.0 Å². The minimum absolute atomic E-state index is 0.297. The molecule has 1 unspecified atom stereocenters. The zero-order chi connectivity index (χ0) is 10.2. The van der Waals surface area contributed by atoms with Crippen LogP contribution >= 0.6 is 0 Å². The second kappa shape index (κ2) is 3.37. The molecule has 1 nitrogen and oxygen atoms in total. The minimum atomic E-state index is -0.472. The lowest BCUT2D eigenvalue weighted by atomic mass is 9.70. The molecule has 1 saturated carbocycles. The van der Waals surface area contributed by atoms with Crippen LogP contribution in [0, 0.1) is 11.3 Å². The Morgan fingerprint density at radius 2 is 1.93 bits per heavy atom. The van der Waals surface area contributed by atoms with Crippen molar-refractivity contribution >= 4 is 0 Å². The molecule has 14 heavy (non-hydrogen) atoms. The Kier molecular flexibility index (Phi) is 2.46. The SMILES string of the molecule is CC1(C)C=CC(O)(CC2CCC2)CC1. The van der Waals surface area contributed by atoms with Crippen LogP contribution in [0.15, 0.2) is 12.2 Å². The van der Waals surface area contributed by atoms with E-state index >= 15 is 0 Å². The topological polar surface area (TPSA) is 20.2 Å². The third-order valence-corrected chi connectivity index (χ3v) is 3.91. The number of rotatable bonds is 2. The van der Waals surface area contributed by atoms with Crippen molar-refractivity contribution in [1.29, 1.82) is 0 Å². The lowest BCUT2D eigenvalue weighted by Gasteiger charge is -2.39. The summed E-state index contributed by atoms with van der Waals surface area (Å²) < 4.78 is 0. The van der Waals surface area contributed by atoms with E-state index in [0.29, 0.717) is 5.41 Å². The van der Waals surface area contributed by atoms with Crippen molar-refractivity contribution in [1.82, 2.24) is 0 Å². The summed E-state index contributed by atoms with van der Waals surface area (Å²) in [6.07, 6.45) is 11.4. The van der Waals surface area contributed by atoms with E-state index in [0.717, 1.165) is 25.2 Å². The summed E-state index contributed by atoms with van der Waals surface area (Å²) in [5.41, 5.74) is -0.174. The third-order valence-electron chi connectivity index (χ3n) is 3.91. The second-order valence-electron chi connectivity index (χ2n) is 5.93. The van der Waals surface area contributed by atoms with Gasteiger partial charge in [-0.3, -0.25) is 0 Å². The summed E-state index contributed by atoms with van der Waals surface area (Å²) in [4.78, 5) is 0. The maximum absolute atomic E-state index is 10.4. The monoisotopic (exact) mass is 194 g/mol. The van der Waals surface area contributed by atoms with Gasteiger partial charge in [0.2, 0.25) is 0 Å². The maximum atomic E-state index is 10.4. The first kappa shape index (κ1) is 10.2. The molecule has 0 radical (unpaired) electrons. The molecule has 0 aromatic rings. The Morgan fingerprint density at radius 1 is 1.21 bits per heavy atom. The van der Waals surface area contributed by atoms with Crippen molar-refractivity contribution in [3.63, 3.8) is 0 Å². The summed E-state index contributed by atoms with van der Waals surface area (Å²) in [6.45, 7) is 4.48. The predicted octanol–water partition coefficient (Wildman–Crippen LogP) is 3.28. The molecule has 0 heterocycles. The van der Waals surface area contributed by atoms with E-state index in [-0.39, 0.29) is 0 Å². The molecule has 1 N–H and O–H groups in total.